The number of H-pyrrole nitrogens is 1. The van der Waals surface area contributed by atoms with Gasteiger partial charge in [0.25, 0.3) is 0 Å². The van der Waals surface area contributed by atoms with Gasteiger partial charge in [-0.05, 0) is 37.1 Å². The number of hydrogen-bond acceptors (Lipinski definition) is 5. The number of benzene rings is 1. The largest absolute Gasteiger partial charge is 0.494 e. The number of aromatic nitrogens is 1. The number of carbonyl (C=O) groups excluding carboxylic acids is 1. The normalized spacial score (nSPS) is 9.81. The lowest BCUT2D eigenvalue weighted by atomic mass is 10.1. The van der Waals surface area contributed by atoms with Gasteiger partial charge in [-0.1, -0.05) is 31.2 Å². The summed E-state index contributed by atoms with van der Waals surface area (Å²) in [7, 11) is 1.00. The minimum Gasteiger partial charge on any atom is -0.494 e. The number of nitrogens with one attached hydrogen (secondary N) is 2. The van der Waals surface area contributed by atoms with Gasteiger partial charge in [-0.15, -0.1) is 0 Å². The second-order valence-electron chi connectivity index (χ2n) is 5.41. The molecule has 0 amide bonds. The molecule has 0 bridgehead atoms. The first kappa shape index (κ1) is 22.6. The Hall–Kier alpha value is -2.44. The van der Waals surface area contributed by atoms with Gasteiger partial charge in [-0.25, -0.2) is 4.79 Å². The van der Waals surface area contributed by atoms with Crippen LogP contribution in [0.2, 0.25) is 5.02 Å². The van der Waals surface area contributed by atoms with E-state index in [1.54, 1.807) is 19.2 Å². The van der Waals surface area contributed by atoms with Crippen LogP contribution in [0.5, 0.6) is 0 Å². The highest BCUT2D eigenvalue weighted by Crippen LogP contribution is 2.25. The Bertz CT molecular complexity index is 743. The van der Waals surface area contributed by atoms with Crippen LogP contribution < -0.4 is 5.32 Å². The molecule has 0 radical (unpaired) electrons. The molecule has 1 heterocycles. The minimum atomic E-state index is -0.387. The number of carbonyl (C=O) groups is 1. The summed E-state index contributed by atoms with van der Waals surface area (Å²) in [5, 5.41) is 10.9. The van der Waals surface area contributed by atoms with Crippen LogP contribution in [0.4, 0.5) is 5.69 Å². The zero-order chi connectivity index (χ0) is 20.2. The molecule has 7 heteroatoms. The topological polar surface area (TPSA) is 83.6 Å². The Labute approximate surface area is 165 Å². The van der Waals surface area contributed by atoms with Crippen LogP contribution >= 0.6 is 11.6 Å². The average molecular weight is 395 g/mol. The van der Waals surface area contributed by atoms with Crippen LogP contribution in [0.25, 0.3) is 5.76 Å². The molecule has 0 atom stereocenters. The molecule has 2 aromatic rings. The van der Waals surface area contributed by atoms with Gasteiger partial charge in [0, 0.05) is 30.4 Å². The minimum absolute atomic E-state index is 0.327. The molecule has 1 aromatic carbocycles. The summed E-state index contributed by atoms with van der Waals surface area (Å²) >= 11 is 6.11. The molecule has 0 unspecified atom stereocenters. The van der Waals surface area contributed by atoms with E-state index in [4.69, 9.17) is 26.2 Å². The molecule has 0 aliphatic carbocycles. The van der Waals surface area contributed by atoms with E-state index >= 15 is 0 Å². The number of aromatic amines is 1. The molecule has 0 saturated carbocycles. The summed E-state index contributed by atoms with van der Waals surface area (Å²) in [6.07, 6.45) is 2.60. The molecular weight excluding hydrogens is 368 g/mol. The molecule has 27 heavy (non-hydrogen) atoms. The first-order valence-electron chi connectivity index (χ1n) is 8.70. The van der Waals surface area contributed by atoms with Crippen molar-refractivity contribution < 1.29 is 19.4 Å². The maximum atomic E-state index is 11.9. The van der Waals surface area contributed by atoms with Gasteiger partial charge in [-0.3, -0.25) is 0 Å². The number of hydrogen-bond donors (Lipinski definition) is 3. The molecule has 1 aromatic heterocycles. The number of halogens is 1. The Morgan fingerprint density at radius 1 is 1.26 bits per heavy atom. The molecule has 0 saturated heterocycles. The highest BCUT2D eigenvalue weighted by atomic mass is 35.5. The monoisotopic (exact) mass is 394 g/mol. The molecule has 2 rings (SSSR count). The second kappa shape index (κ2) is 12.0. The van der Waals surface area contributed by atoms with Crippen LogP contribution in [0.3, 0.4) is 0 Å². The van der Waals surface area contributed by atoms with Crippen LogP contribution in [0.1, 0.15) is 41.9 Å². The number of rotatable bonds is 9. The second-order valence-corrected chi connectivity index (χ2v) is 5.85. The van der Waals surface area contributed by atoms with E-state index in [0.29, 0.717) is 41.9 Å². The Balaban J connectivity index is 0.00000176. The van der Waals surface area contributed by atoms with Crippen LogP contribution in [0, 0.1) is 0 Å². The highest BCUT2D eigenvalue weighted by Gasteiger charge is 2.15. The van der Waals surface area contributed by atoms with Gasteiger partial charge in [0.15, 0.2) is 0 Å². The van der Waals surface area contributed by atoms with E-state index in [1.165, 1.54) is 0 Å². The van der Waals surface area contributed by atoms with E-state index in [9.17, 15) is 4.79 Å². The Kier molecular flexibility index (Phi) is 10.1. The first-order valence-corrected chi connectivity index (χ1v) is 9.08. The van der Waals surface area contributed by atoms with Gasteiger partial charge < -0.3 is 24.9 Å². The molecule has 0 aliphatic heterocycles. The van der Waals surface area contributed by atoms with Crippen LogP contribution in [-0.4, -0.2) is 36.4 Å². The summed E-state index contributed by atoms with van der Waals surface area (Å²) in [4.78, 5) is 14.8. The summed E-state index contributed by atoms with van der Waals surface area (Å²) in [6, 6.07) is 7.37. The van der Waals surface area contributed by atoms with Gasteiger partial charge in [0.05, 0.1) is 18.9 Å². The summed E-state index contributed by atoms with van der Waals surface area (Å²) in [6.45, 7) is 9.22. The molecule has 0 aliphatic rings. The van der Waals surface area contributed by atoms with E-state index < -0.39 is 0 Å². The van der Waals surface area contributed by atoms with Crippen molar-refractivity contribution in [2.75, 3.05) is 25.6 Å². The zero-order valence-corrected chi connectivity index (χ0v) is 16.7. The lowest BCUT2D eigenvalue weighted by molar-refractivity contribution is 0.0521. The molecule has 0 spiro atoms. The highest BCUT2D eigenvalue weighted by molar-refractivity contribution is 6.30. The fraction of sp³-hybridized carbons (Fsp3) is 0.350. The molecule has 3 N–H and O–H groups in total. The standard InChI is InChI=1S/C19H23ClN2O3.CH4O/c1-4-10-25-13(3)16-11-15(20)7-6-14(16)12-22-17-8-9-21-18(17)19(23)24-5-2;1-2/h6-9,11,21-22H,3-5,10,12H2,1-2H3;2H,1H3. The van der Waals surface area contributed by atoms with Gasteiger partial charge in [0.1, 0.15) is 11.5 Å². The van der Waals surface area contributed by atoms with E-state index in [0.717, 1.165) is 24.7 Å². The van der Waals surface area contributed by atoms with Gasteiger partial charge in [-0.2, -0.15) is 0 Å². The van der Waals surface area contributed by atoms with Gasteiger partial charge in [0.2, 0.25) is 0 Å². The van der Waals surface area contributed by atoms with Crippen molar-refractivity contribution >= 4 is 29.0 Å². The predicted octanol–water partition coefficient (Wildman–Crippen LogP) is 4.46. The van der Waals surface area contributed by atoms with E-state index in [1.807, 2.05) is 25.1 Å². The van der Waals surface area contributed by atoms with Crippen molar-refractivity contribution in [1.82, 2.24) is 4.98 Å². The van der Waals surface area contributed by atoms with Crippen LogP contribution in [0.15, 0.2) is 37.0 Å². The number of esters is 1. The number of ether oxygens (including phenoxy) is 2. The van der Waals surface area contributed by atoms with Crippen molar-refractivity contribution in [3.8, 4) is 0 Å². The Morgan fingerprint density at radius 3 is 2.67 bits per heavy atom. The average Bonchev–Trinajstić information content (AvgIpc) is 3.15. The third kappa shape index (κ3) is 6.66. The molecule has 148 valence electrons. The first-order chi connectivity index (χ1) is 13.1. The lowest BCUT2D eigenvalue weighted by Crippen LogP contribution is -2.10. The number of anilines is 1. The number of aliphatic hydroxyl groups is 1. The molecule has 6 nitrogen and oxygen atoms in total. The third-order valence-electron chi connectivity index (χ3n) is 3.55. The molecule has 0 fully saturated rings. The fourth-order valence-corrected chi connectivity index (χ4v) is 2.52. The van der Waals surface area contributed by atoms with E-state index in [2.05, 4.69) is 16.9 Å². The van der Waals surface area contributed by atoms with Crippen molar-refractivity contribution in [2.24, 2.45) is 0 Å². The molecular formula is C20H27ClN2O4. The zero-order valence-electron chi connectivity index (χ0n) is 16.0. The summed E-state index contributed by atoms with van der Waals surface area (Å²) in [5.74, 6) is 0.197. The maximum Gasteiger partial charge on any atom is 0.356 e. The Morgan fingerprint density at radius 2 is 2.00 bits per heavy atom. The predicted molar refractivity (Wildman–Crippen MR) is 109 cm³/mol. The van der Waals surface area contributed by atoms with Crippen molar-refractivity contribution in [2.45, 2.75) is 26.8 Å². The number of aliphatic hydroxyl groups excluding tert-OH is 1. The van der Waals surface area contributed by atoms with Crippen LogP contribution in [-0.2, 0) is 16.0 Å². The fourth-order valence-electron chi connectivity index (χ4n) is 2.34. The van der Waals surface area contributed by atoms with Crippen molar-refractivity contribution in [1.29, 1.82) is 0 Å². The smallest absolute Gasteiger partial charge is 0.356 e. The quantitative estimate of drug-likeness (QED) is 0.432. The third-order valence-corrected chi connectivity index (χ3v) is 3.78. The van der Waals surface area contributed by atoms with E-state index in [-0.39, 0.29) is 5.97 Å². The summed E-state index contributed by atoms with van der Waals surface area (Å²) < 4.78 is 10.7. The maximum absolute atomic E-state index is 11.9. The lowest BCUT2D eigenvalue weighted by Gasteiger charge is -2.15. The van der Waals surface area contributed by atoms with Crippen molar-refractivity contribution in [3.63, 3.8) is 0 Å². The summed E-state index contributed by atoms with van der Waals surface area (Å²) in [5.41, 5.74) is 2.90. The van der Waals surface area contributed by atoms with Crippen molar-refractivity contribution in [3.05, 3.63) is 58.9 Å². The van der Waals surface area contributed by atoms with Gasteiger partial charge >= 0.3 is 5.97 Å². The SMILES string of the molecule is C=C(OCCC)c1cc(Cl)ccc1CNc1cc[nH]c1C(=O)OCC.CO.